The summed E-state index contributed by atoms with van der Waals surface area (Å²) in [6.07, 6.45) is 6.53. The van der Waals surface area contributed by atoms with Crippen LogP contribution in [0.15, 0.2) is 42.6 Å². The van der Waals surface area contributed by atoms with Crippen LogP contribution < -0.4 is 10.2 Å². The second-order valence-corrected chi connectivity index (χ2v) is 11.8. The Morgan fingerprint density at radius 1 is 1.05 bits per heavy atom. The van der Waals surface area contributed by atoms with Crippen molar-refractivity contribution in [3.05, 3.63) is 54.0 Å². The maximum Gasteiger partial charge on any atom is 0.160 e. The Morgan fingerprint density at radius 2 is 1.74 bits per heavy atom. The number of aromatic nitrogens is 3. The summed E-state index contributed by atoms with van der Waals surface area (Å²) in [6, 6.07) is 14.6. The molecule has 3 aromatic rings. The molecule has 7 nitrogen and oxygen atoms in total. The summed E-state index contributed by atoms with van der Waals surface area (Å²) in [5.41, 5.74) is 4.75. The highest BCUT2D eigenvalue weighted by molar-refractivity contribution is 5.76. The molecule has 2 aromatic heterocycles. The van der Waals surface area contributed by atoms with Gasteiger partial charge in [0.25, 0.3) is 0 Å². The van der Waals surface area contributed by atoms with Gasteiger partial charge in [0.15, 0.2) is 5.65 Å². The first-order valence-corrected chi connectivity index (χ1v) is 14.7. The van der Waals surface area contributed by atoms with E-state index in [4.69, 9.17) is 9.97 Å². The highest BCUT2D eigenvalue weighted by Gasteiger charge is 2.38. The lowest BCUT2D eigenvalue weighted by Crippen LogP contribution is -2.55. The molecule has 0 aliphatic carbocycles. The molecule has 1 unspecified atom stereocenters. The third kappa shape index (κ3) is 5.08. The molecule has 38 heavy (non-hydrogen) atoms. The lowest BCUT2D eigenvalue weighted by Gasteiger charge is -2.47. The fraction of sp³-hybridized carbons (Fsp3) is 0.613. The number of pyridine rings is 1. The molecule has 5 rings (SSSR count). The van der Waals surface area contributed by atoms with Crippen LogP contribution in [0.4, 0.5) is 5.69 Å². The molecular formula is C31H47N7. The fourth-order valence-corrected chi connectivity index (χ4v) is 7.01. The van der Waals surface area contributed by atoms with Crippen LogP contribution in [0, 0.1) is 0 Å². The van der Waals surface area contributed by atoms with Gasteiger partial charge in [-0.25, -0.2) is 9.97 Å². The standard InChI is InChI=1S/C31H47N7/c1-7-12-28(37-21-23(3)33-24(4)22-37)30-34-27-19-26(20-32-29(27)38(30)8-2)36-17-15-31(16-18-36,35(5)6)25-13-10-9-11-14-25/h9-11,13-14,19-20,23-24,28,33H,7-8,12,15-18,21-22H2,1-6H3/t23-,24+,28?. The minimum Gasteiger partial charge on any atom is -0.370 e. The van der Waals surface area contributed by atoms with Crippen molar-refractivity contribution < 1.29 is 0 Å². The van der Waals surface area contributed by atoms with Gasteiger partial charge in [0.05, 0.1) is 17.9 Å². The van der Waals surface area contributed by atoms with Crippen LogP contribution in [0.5, 0.6) is 0 Å². The number of aryl methyl sites for hydroxylation is 1. The summed E-state index contributed by atoms with van der Waals surface area (Å²) in [6.45, 7) is 14.1. The van der Waals surface area contributed by atoms with Crippen LogP contribution in [0.25, 0.3) is 11.2 Å². The van der Waals surface area contributed by atoms with Gasteiger partial charge >= 0.3 is 0 Å². The molecule has 2 saturated heterocycles. The summed E-state index contributed by atoms with van der Waals surface area (Å²) in [5, 5.41) is 3.69. The maximum absolute atomic E-state index is 5.29. The minimum absolute atomic E-state index is 0.0806. The van der Waals surface area contributed by atoms with Crippen LogP contribution in [-0.4, -0.2) is 76.7 Å². The van der Waals surface area contributed by atoms with Crippen molar-refractivity contribution in [1.29, 1.82) is 0 Å². The van der Waals surface area contributed by atoms with Gasteiger partial charge in [-0.15, -0.1) is 0 Å². The molecule has 0 bridgehead atoms. The average Bonchev–Trinajstić information content (AvgIpc) is 3.29. The van der Waals surface area contributed by atoms with Crippen LogP contribution >= 0.6 is 0 Å². The van der Waals surface area contributed by atoms with Gasteiger partial charge in [-0.05, 0) is 65.8 Å². The van der Waals surface area contributed by atoms with Crippen LogP contribution in [-0.2, 0) is 12.1 Å². The van der Waals surface area contributed by atoms with Crippen molar-refractivity contribution in [2.45, 2.75) is 83.6 Å². The Kier molecular flexibility index (Phi) is 8.08. The number of anilines is 1. The molecule has 1 aromatic carbocycles. The second-order valence-electron chi connectivity index (χ2n) is 11.8. The number of benzene rings is 1. The number of nitrogens with zero attached hydrogens (tertiary/aromatic N) is 6. The van der Waals surface area contributed by atoms with Gasteiger partial charge < -0.3 is 14.8 Å². The van der Waals surface area contributed by atoms with Crippen LogP contribution in [0.2, 0.25) is 0 Å². The molecule has 1 N–H and O–H groups in total. The normalized spacial score (nSPS) is 23.3. The van der Waals surface area contributed by atoms with E-state index in [1.165, 1.54) is 17.1 Å². The van der Waals surface area contributed by atoms with Gasteiger partial charge in [-0.1, -0.05) is 43.7 Å². The van der Waals surface area contributed by atoms with E-state index in [2.05, 4.69) is 109 Å². The van der Waals surface area contributed by atoms with Gasteiger partial charge in [0.1, 0.15) is 11.3 Å². The molecule has 2 aliphatic rings. The Morgan fingerprint density at radius 3 is 2.34 bits per heavy atom. The Labute approximate surface area is 229 Å². The first kappa shape index (κ1) is 27.1. The first-order chi connectivity index (χ1) is 18.4. The number of piperidine rings is 1. The highest BCUT2D eigenvalue weighted by Crippen LogP contribution is 2.39. The molecule has 3 atom stereocenters. The van der Waals surface area contributed by atoms with Gasteiger partial charge in [0, 0.05) is 50.3 Å². The lowest BCUT2D eigenvalue weighted by molar-refractivity contribution is 0.110. The van der Waals surface area contributed by atoms with E-state index in [0.717, 1.165) is 69.6 Å². The number of fused-ring (bicyclic) bond motifs is 1. The minimum atomic E-state index is 0.0806. The smallest absolute Gasteiger partial charge is 0.160 e. The summed E-state index contributed by atoms with van der Waals surface area (Å²) < 4.78 is 2.36. The Balaban J connectivity index is 1.42. The molecule has 4 heterocycles. The predicted molar refractivity (Wildman–Crippen MR) is 158 cm³/mol. The van der Waals surface area contributed by atoms with Gasteiger partial charge in [-0.3, -0.25) is 9.80 Å². The number of hydrogen-bond donors (Lipinski definition) is 1. The summed E-state index contributed by atoms with van der Waals surface area (Å²) >= 11 is 0. The molecule has 0 radical (unpaired) electrons. The molecule has 7 heteroatoms. The van der Waals surface area contributed by atoms with Crippen molar-refractivity contribution in [3.63, 3.8) is 0 Å². The van der Waals surface area contributed by atoms with Crippen molar-refractivity contribution >= 4 is 16.9 Å². The number of hydrogen-bond acceptors (Lipinski definition) is 6. The molecule has 206 valence electrons. The van der Waals surface area contributed by atoms with Crippen molar-refractivity contribution in [2.75, 3.05) is 45.2 Å². The third-order valence-electron chi connectivity index (χ3n) is 8.93. The van der Waals surface area contributed by atoms with Crippen molar-refractivity contribution in [1.82, 2.24) is 29.7 Å². The largest absolute Gasteiger partial charge is 0.370 e. The fourth-order valence-electron chi connectivity index (χ4n) is 7.01. The molecule has 0 amide bonds. The van der Waals surface area contributed by atoms with Crippen molar-refractivity contribution in [2.24, 2.45) is 0 Å². The molecule has 0 saturated carbocycles. The SMILES string of the molecule is CCCC(c1nc2cc(N3CCC(c4ccccc4)(N(C)C)CC3)cnc2n1CC)N1C[C@@H](C)N[C@@H](C)C1. The summed E-state index contributed by atoms with van der Waals surface area (Å²) in [5.74, 6) is 1.18. The topological polar surface area (TPSA) is 52.5 Å². The molecule has 2 fully saturated rings. The quantitative estimate of drug-likeness (QED) is 0.452. The Hall–Kier alpha value is -2.48. The van der Waals surface area contributed by atoms with E-state index >= 15 is 0 Å². The van der Waals surface area contributed by atoms with Crippen LogP contribution in [0.1, 0.15) is 70.8 Å². The Bertz CT molecular complexity index is 1190. The zero-order valence-corrected chi connectivity index (χ0v) is 24.3. The zero-order chi connectivity index (χ0) is 26.9. The van der Waals surface area contributed by atoms with E-state index in [1.807, 2.05) is 0 Å². The molecular weight excluding hydrogens is 470 g/mol. The number of imidazole rings is 1. The zero-order valence-electron chi connectivity index (χ0n) is 24.3. The third-order valence-corrected chi connectivity index (χ3v) is 8.93. The van der Waals surface area contributed by atoms with E-state index in [0.29, 0.717) is 18.1 Å². The number of rotatable bonds is 8. The van der Waals surface area contributed by atoms with Gasteiger partial charge in [-0.2, -0.15) is 0 Å². The maximum atomic E-state index is 5.29. The first-order valence-electron chi connectivity index (χ1n) is 14.7. The molecule has 2 aliphatic heterocycles. The summed E-state index contributed by atoms with van der Waals surface area (Å²) in [7, 11) is 4.45. The van der Waals surface area contributed by atoms with E-state index < -0.39 is 0 Å². The number of nitrogens with one attached hydrogen (secondary N) is 1. The highest BCUT2D eigenvalue weighted by atomic mass is 15.3. The van der Waals surface area contributed by atoms with E-state index in [-0.39, 0.29) is 5.54 Å². The number of piperazine rings is 1. The second kappa shape index (κ2) is 11.3. The van der Waals surface area contributed by atoms with Crippen LogP contribution in [0.3, 0.4) is 0 Å². The van der Waals surface area contributed by atoms with Crippen molar-refractivity contribution in [3.8, 4) is 0 Å². The predicted octanol–water partition coefficient (Wildman–Crippen LogP) is 5.03. The average molecular weight is 518 g/mol. The monoisotopic (exact) mass is 517 g/mol. The van der Waals surface area contributed by atoms with E-state index in [9.17, 15) is 0 Å². The summed E-state index contributed by atoms with van der Waals surface area (Å²) in [4.78, 5) is 17.9. The lowest BCUT2D eigenvalue weighted by atomic mass is 9.79. The van der Waals surface area contributed by atoms with E-state index in [1.54, 1.807) is 0 Å². The van der Waals surface area contributed by atoms with Gasteiger partial charge in [0.2, 0.25) is 0 Å². The molecule has 0 spiro atoms.